The van der Waals surface area contributed by atoms with Crippen LogP contribution in [-0.4, -0.2) is 30.0 Å². The number of hydrogen-bond acceptors (Lipinski definition) is 5. The molecule has 2 atom stereocenters. The van der Waals surface area contributed by atoms with Gasteiger partial charge in [-0.1, -0.05) is 6.07 Å². The molecule has 1 aliphatic heterocycles. The Morgan fingerprint density at radius 1 is 1.46 bits per heavy atom. The topological polar surface area (TPSA) is 72.1 Å². The quantitative estimate of drug-likeness (QED) is 0.827. The summed E-state index contributed by atoms with van der Waals surface area (Å²) in [6, 6.07) is 7.90. The van der Waals surface area contributed by atoms with E-state index in [4.69, 9.17) is 9.47 Å². The number of ether oxygens (including phenoxy) is 2. The summed E-state index contributed by atoms with van der Waals surface area (Å²) < 4.78 is 13.2. The van der Waals surface area contributed by atoms with Gasteiger partial charge in [-0.3, -0.25) is 4.68 Å². The van der Waals surface area contributed by atoms with Crippen LogP contribution in [0.3, 0.4) is 0 Å². The summed E-state index contributed by atoms with van der Waals surface area (Å²) in [5, 5.41) is 17.1. The monoisotopic (exact) mass is 354 g/mol. The highest BCUT2D eigenvalue weighted by molar-refractivity contribution is 5.45. The Hall–Kier alpha value is -2.36. The number of aryl methyl sites for hydroxylation is 1. The predicted molar refractivity (Wildman–Crippen MR) is 98.7 cm³/mol. The Morgan fingerprint density at radius 3 is 3.08 bits per heavy atom. The summed E-state index contributed by atoms with van der Waals surface area (Å²) >= 11 is 0. The molecule has 138 valence electrons. The van der Waals surface area contributed by atoms with Gasteiger partial charge in [-0.2, -0.15) is 10.4 Å². The van der Waals surface area contributed by atoms with Crippen molar-refractivity contribution in [2.24, 2.45) is 5.92 Å². The van der Waals surface area contributed by atoms with Gasteiger partial charge in [-0.15, -0.1) is 0 Å². The molecule has 1 aromatic heterocycles. The maximum absolute atomic E-state index is 9.21. The molecule has 6 nitrogen and oxygen atoms in total. The minimum Gasteiger partial charge on any atom is -0.495 e. The fourth-order valence-corrected chi connectivity index (χ4v) is 3.47. The van der Waals surface area contributed by atoms with Crippen LogP contribution < -0.4 is 10.1 Å². The average molecular weight is 354 g/mol. The molecule has 0 spiro atoms. The normalized spacial score (nSPS) is 19.9. The zero-order chi connectivity index (χ0) is 18.4. The third kappa shape index (κ3) is 4.24. The summed E-state index contributed by atoms with van der Waals surface area (Å²) in [6.45, 7) is 5.35. The molecular formula is C20H26N4O2. The summed E-state index contributed by atoms with van der Waals surface area (Å²) in [5.41, 5.74) is 2.81. The lowest BCUT2D eigenvalue weighted by Crippen LogP contribution is -2.31. The van der Waals surface area contributed by atoms with Crippen molar-refractivity contribution in [3.05, 3.63) is 47.3 Å². The first-order valence-electron chi connectivity index (χ1n) is 9.16. The van der Waals surface area contributed by atoms with Crippen LogP contribution in [0.15, 0.2) is 30.6 Å². The van der Waals surface area contributed by atoms with Crippen molar-refractivity contribution in [2.75, 3.05) is 20.3 Å². The van der Waals surface area contributed by atoms with Gasteiger partial charge in [0, 0.05) is 43.9 Å². The largest absolute Gasteiger partial charge is 0.495 e. The van der Waals surface area contributed by atoms with Crippen LogP contribution in [0.2, 0.25) is 0 Å². The lowest BCUT2D eigenvalue weighted by Gasteiger charge is -2.31. The smallest absolute Gasteiger partial charge is 0.136 e. The van der Waals surface area contributed by atoms with E-state index in [0.717, 1.165) is 50.2 Å². The molecule has 0 aliphatic carbocycles. The van der Waals surface area contributed by atoms with E-state index in [0.29, 0.717) is 17.2 Å². The third-order valence-corrected chi connectivity index (χ3v) is 4.87. The standard InChI is InChI=1S/C20H26N4O2/c1-3-24-14-18(13-23-24)20-16(5-4-8-26-20)12-22-11-15-6-7-19(25-2)17(9-15)10-21/h6-7,9,13-14,16,20,22H,3-5,8,11-12H2,1-2H3/t16-,20+/m0/s1. The maximum atomic E-state index is 9.21. The molecule has 0 amide bonds. The average Bonchev–Trinajstić information content (AvgIpc) is 3.17. The molecule has 2 heterocycles. The molecule has 0 radical (unpaired) electrons. The number of rotatable bonds is 7. The molecule has 0 saturated carbocycles. The van der Waals surface area contributed by atoms with Crippen LogP contribution in [0, 0.1) is 17.2 Å². The predicted octanol–water partition coefficient (Wildman–Crippen LogP) is 3.04. The minimum absolute atomic E-state index is 0.0992. The third-order valence-electron chi connectivity index (χ3n) is 4.87. The number of nitriles is 1. The van der Waals surface area contributed by atoms with Crippen LogP contribution in [0.5, 0.6) is 5.75 Å². The summed E-state index contributed by atoms with van der Waals surface area (Å²) in [7, 11) is 1.58. The molecule has 6 heteroatoms. The fraction of sp³-hybridized carbons (Fsp3) is 0.500. The molecule has 1 aromatic carbocycles. The van der Waals surface area contributed by atoms with E-state index in [9.17, 15) is 5.26 Å². The van der Waals surface area contributed by atoms with Crippen LogP contribution in [0.4, 0.5) is 0 Å². The van der Waals surface area contributed by atoms with Crippen molar-refractivity contribution < 1.29 is 9.47 Å². The Labute approximate surface area is 154 Å². The van der Waals surface area contributed by atoms with Crippen LogP contribution in [0.25, 0.3) is 0 Å². The molecule has 26 heavy (non-hydrogen) atoms. The number of methoxy groups -OCH3 is 1. The van der Waals surface area contributed by atoms with Crippen molar-refractivity contribution in [1.82, 2.24) is 15.1 Å². The first kappa shape index (κ1) is 18.4. The molecule has 1 N–H and O–H groups in total. The van der Waals surface area contributed by atoms with Gasteiger partial charge >= 0.3 is 0 Å². The summed E-state index contributed by atoms with van der Waals surface area (Å²) in [6.07, 6.45) is 6.34. The maximum Gasteiger partial charge on any atom is 0.136 e. The van der Waals surface area contributed by atoms with Crippen molar-refractivity contribution in [3.8, 4) is 11.8 Å². The van der Waals surface area contributed by atoms with E-state index in [1.54, 1.807) is 7.11 Å². The number of nitrogens with zero attached hydrogens (tertiary/aromatic N) is 3. The van der Waals surface area contributed by atoms with Crippen molar-refractivity contribution in [2.45, 2.75) is 39.0 Å². The van der Waals surface area contributed by atoms with Crippen molar-refractivity contribution in [3.63, 3.8) is 0 Å². The van der Waals surface area contributed by atoms with E-state index in [2.05, 4.69) is 29.6 Å². The molecule has 1 saturated heterocycles. The molecule has 2 aromatic rings. The Bertz CT molecular complexity index is 765. The molecule has 1 aliphatic rings. The fourth-order valence-electron chi connectivity index (χ4n) is 3.47. The highest BCUT2D eigenvalue weighted by atomic mass is 16.5. The lowest BCUT2D eigenvalue weighted by molar-refractivity contribution is -0.0279. The van der Waals surface area contributed by atoms with E-state index in [1.807, 2.05) is 29.1 Å². The highest BCUT2D eigenvalue weighted by Gasteiger charge is 2.28. The van der Waals surface area contributed by atoms with E-state index >= 15 is 0 Å². The van der Waals surface area contributed by atoms with Gasteiger partial charge in [0.1, 0.15) is 11.8 Å². The molecule has 1 fully saturated rings. The van der Waals surface area contributed by atoms with Crippen LogP contribution >= 0.6 is 0 Å². The first-order valence-corrected chi connectivity index (χ1v) is 9.16. The van der Waals surface area contributed by atoms with E-state index in [1.165, 1.54) is 0 Å². The van der Waals surface area contributed by atoms with Crippen LogP contribution in [0.1, 0.15) is 42.6 Å². The van der Waals surface area contributed by atoms with Gasteiger partial charge in [-0.05, 0) is 37.5 Å². The Morgan fingerprint density at radius 2 is 2.35 bits per heavy atom. The number of aromatic nitrogens is 2. The summed E-state index contributed by atoms with van der Waals surface area (Å²) in [5.74, 6) is 1.04. The second-order valence-electron chi connectivity index (χ2n) is 6.60. The second-order valence-corrected chi connectivity index (χ2v) is 6.60. The number of benzene rings is 1. The van der Waals surface area contributed by atoms with Crippen LogP contribution in [-0.2, 0) is 17.8 Å². The Balaban J connectivity index is 1.60. The van der Waals surface area contributed by atoms with Gasteiger partial charge in [0.25, 0.3) is 0 Å². The van der Waals surface area contributed by atoms with Gasteiger partial charge in [0.2, 0.25) is 0 Å². The zero-order valence-corrected chi connectivity index (χ0v) is 15.4. The zero-order valence-electron chi connectivity index (χ0n) is 15.4. The van der Waals surface area contributed by atoms with E-state index in [-0.39, 0.29) is 6.10 Å². The van der Waals surface area contributed by atoms with Gasteiger partial charge in [0.15, 0.2) is 0 Å². The molecule has 0 bridgehead atoms. The highest BCUT2D eigenvalue weighted by Crippen LogP contribution is 2.33. The Kier molecular flexibility index (Phi) is 6.26. The van der Waals surface area contributed by atoms with Gasteiger partial charge in [0.05, 0.1) is 25.0 Å². The lowest BCUT2D eigenvalue weighted by atomic mass is 9.91. The SMILES string of the molecule is CCn1cc([C@@H]2OCCC[C@H]2CNCc2ccc(OC)c(C#N)c2)cn1. The van der Waals surface area contributed by atoms with E-state index < -0.39 is 0 Å². The second kappa shape index (κ2) is 8.84. The van der Waals surface area contributed by atoms with Crippen molar-refractivity contribution >= 4 is 0 Å². The van der Waals surface area contributed by atoms with Gasteiger partial charge < -0.3 is 14.8 Å². The number of hydrogen-bond donors (Lipinski definition) is 1. The molecular weight excluding hydrogens is 328 g/mol. The minimum atomic E-state index is 0.0992. The number of nitrogens with one attached hydrogen (secondary N) is 1. The van der Waals surface area contributed by atoms with Crippen molar-refractivity contribution in [1.29, 1.82) is 5.26 Å². The first-order chi connectivity index (χ1) is 12.7. The summed E-state index contributed by atoms with van der Waals surface area (Å²) in [4.78, 5) is 0. The van der Waals surface area contributed by atoms with Gasteiger partial charge in [-0.25, -0.2) is 0 Å². The molecule has 0 unspecified atom stereocenters. The molecule has 3 rings (SSSR count).